The summed E-state index contributed by atoms with van der Waals surface area (Å²) in [6, 6.07) is 0.0554. The summed E-state index contributed by atoms with van der Waals surface area (Å²) in [7, 11) is 0. The van der Waals surface area contributed by atoms with E-state index in [0.29, 0.717) is 0 Å². The van der Waals surface area contributed by atoms with Crippen LogP contribution in [0.5, 0.6) is 0 Å². The molecule has 3 unspecified atom stereocenters. The highest BCUT2D eigenvalue weighted by atomic mass is 16.3. The van der Waals surface area contributed by atoms with Crippen molar-refractivity contribution in [3.05, 3.63) is 12.2 Å². The molecule has 2 rings (SSSR count). The average molecular weight is 238 g/mol. The molecule has 0 aromatic heterocycles. The summed E-state index contributed by atoms with van der Waals surface area (Å²) in [6.07, 6.45) is 10.7. The van der Waals surface area contributed by atoms with E-state index < -0.39 is 0 Å². The minimum Gasteiger partial charge on any atom is -0.391 e. The fraction of sp³-hybridized carbons (Fsp3) is 0.769. The third-order valence-electron chi connectivity index (χ3n) is 3.65. The van der Waals surface area contributed by atoms with Crippen molar-refractivity contribution in [2.45, 2.75) is 63.1 Å². The Bertz CT molecular complexity index is 291. The van der Waals surface area contributed by atoms with Crippen LogP contribution in [0, 0.1) is 0 Å². The van der Waals surface area contributed by atoms with Gasteiger partial charge in [0.25, 0.3) is 0 Å². The van der Waals surface area contributed by atoms with Gasteiger partial charge < -0.3 is 15.7 Å². The highest BCUT2D eigenvalue weighted by molar-refractivity contribution is 5.74. The van der Waals surface area contributed by atoms with Gasteiger partial charge in [-0.05, 0) is 32.1 Å². The molecule has 2 amide bonds. The molecule has 3 N–H and O–H groups in total. The van der Waals surface area contributed by atoms with Crippen molar-refractivity contribution < 1.29 is 9.90 Å². The molecule has 2 aliphatic carbocycles. The molecule has 0 aliphatic heterocycles. The van der Waals surface area contributed by atoms with Gasteiger partial charge in [0.2, 0.25) is 0 Å². The molecule has 0 saturated heterocycles. The van der Waals surface area contributed by atoms with E-state index in [1.165, 1.54) is 0 Å². The Morgan fingerprint density at radius 1 is 1.12 bits per heavy atom. The fourth-order valence-electron chi connectivity index (χ4n) is 2.60. The minimum atomic E-state index is -0.374. The highest BCUT2D eigenvalue weighted by Gasteiger charge is 2.25. The molecular weight excluding hydrogens is 216 g/mol. The Labute approximate surface area is 102 Å². The van der Waals surface area contributed by atoms with Crippen LogP contribution >= 0.6 is 0 Å². The topological polar surface area (TPSA) is 61.4 Å². The molecule has 4 nitrogen and oxygen atoms in total. The van der Waals surface area contributed by atoms with E-state index in [2.05, 4.69) is 22.8 Å². The van der Waals surface area contributed by atoms with Crippen LogP contribution in [-0.4, -0.2) is 29.3 Å². The summed E-state index contributed by atoms with van der Waals surface area (Å²) < 4.78 is 0. The zero-order valence-corrected chi connectivity index (χ0v) is 10.2. The first-order chi connectivity index (χ1) is 8.25. The number of hydrogen-bond donors (Lipinski definition) is 3. The standard InChI is InChI=1S/C13H22N2O2/c16-12-9-5-4-8-11(12)15-13(17)14-10-6-2-1-3-7-10/h1-2,10-12,16H,3-9H2,(H2,14,15,17). The Morgan fingerprint density at radius 2 is 1.94 bits per heavy atom. The van der Waals surface area contributed by atoms with E-state index in [1.807, 2.05) is 0 Å². The average Bonchev–Trinajstić information content (AvgIpc) is 2.33. The lowest BCUT2D eigenvalue weighted by Crippen LogP contribution is -2.51. The second-order valence-corrected chi connectivity index (χ2v) is 5.06. The Balaban J connectivity index is 1.74. The third kappa shape index (κ3) is 3.73. The highest BCUT2D eigenvalue weighted by Crippen LogP contribution is 2.18. The van der Waals surface area contributed by atoms with Crippen LogP contribution in [0.1, 0.15) is 44.9 Å². The molecule has 1 saturated carbocycles. The van der Waals surface area contributed by atoms with Gasteiger partial charge in [-0.25, -0.2) is 4.79 Å². The van der Waals surface area contributed by atoms with Gasteiger partial charge in [-0.15, -0.1) is 0 Å². The summed E-state index contributed by atoms with van der Waals surface area (Å²) in [4.78, 5) is 11.8. The summed E-state index contributed by atoms with van der Waals surface area (Å²) >= 11 is 0. The second-order valence-electron chi connectivity index (χ2n) is 5.06. The van der Waals surface area contributed by atoms with E-state index >= 15 is 0 Å². The first-order valence-corrected chi connectivity index (χ1v) is 6.66. The van der Waals surface area contributed by atoms with Gasteiger partial charge in [0.15, 0.2) is 0 Å². The number of aliphatic hydroxyl groups is 1. The van der Waals surface area contributed by atoms with Crippen molar-refractivity contribution in [2.24, 2.45) is 0 Å². The normalized spacial score (nSPS) is 33.1. The van der Waals surface area contributed by atoms with Gasteiger partial charge in [0.1, 0.15) is 0 Å². The predicted octanol–water partition coefficient (Wildman–Crippen LogP) is 1.70. The van der Waals surface area contributed by atoms with Crippen molar-refractivity contribution in [1.82, 2.24) is 10.6 Å². The van der Waals surface area contributed by atoms with Crippen LogP contribution in [0.4, 0.5) is 4.79 Å². The van der Waals surface area contributed by atoms with Crippen molar-refractivity contribution in [2.75, 3.05) is 0 Å². The monoisotopic (exact) mass is 238 g/mol. The van der Waals surface area contributed by atoms with Crippen molar-refractivity contribution in [1.29, 1.82) is 0 Å². The van der Waals surface area contributed by atoms with Crippen LogP contribution < -0.4 is 10.6 Å². The summed E-state index contributed by atoms with van der Waals surface area (Å²) in [5.74, 6) is 0. The van der Waals surface area contributed by atoms with E-state index in [1.54, 1.807) is 0 Å². The minimum absolute atomic E-state index is 0.0668. The predicted molar refractivity (Wildman–Crippen MR) is 66.7 cm³/mol. The van der Waals surface area contributed by atoms with Crippen molar-refractivity contribution in [3.8, 4) is 0 Å². The lowest BCUT2D eigenvalue weighted by atomic mass is 9.93. The summed E-state index contributed by atoms with van der Waals surface area (Å²) in [5, 5.41) is 15.6. The smallest absolute Gasteiger partial charge is 0.315 e. The molecule has 17 heavy (non-hydrogen) atoms. The zero-order valence-electron chi connectivity index (χ0n) is 10.2. The summed E-state index contributed by atoms with van der Waals surface area (Å²) in [5.41, 5.74) is 0. The number of hydrogen-bond acceptors (Lipinski definition) is 2. The molecule has 0 spiro atoms. The molecule has 0 radical (unpaired) electrons. The van der Waals surface area contributed by atoms with Gasteiger partial charge in [-0.1, -0.05) is 25.0 Å². The molecule has 4 heteroatoms. The largest absolute Gasteiger partial charge is 0.391 e. The van der Waals surface area contributed by atoms with Gasteiger partial charge in [0.05, 0.1) is 12.1 Å². The molecule has 1 fully saturated rings. The van der Waals surface area contributed by atoms with Crippen LogP contribution in [0.3, 0.4) is 0 Å². The van der Waals surface area contributed by atoms with Crippen molar-refractivity contribution in [3.63, 3.8) is 0 Å². The fourth-order valence-corrected chi connectivity index (χ4v) is 2.60. The molecular formula is C13H22N2O2. The molecule has 0 bridgehead atoms. The SMILES string of the molecule is O=C(NC1CC=CCC1)NC1CCCCC1O. The Kier molecular flexibility index (Phi) is 4.42. The zero-order chi connectivity index (χ0) is 12.1. The van der Waals surface area contributed by atoms with Crippen molar-refractivity contribution >= 4 is 6.03 Å². The molecule has 2 aliphatic rings. The second kappa shape index (κ2) is 6.05. The van der Waals surface area contributed by atoms with Crippen LogP contribution in [-0.2, 0) is 0 Å². The lowest BCUT2D eigenvalue weighted by molar-refractivity contribution is 0.0940. The number of allylic oxidation sites excluding steroid dienone is 1. The quantitative estimate of drug-likeness (QED) is 0.641. The van der Waals surface area contributed by atoms with E-state index in [9.17, 15) is 9.90 Å². The third-order valence-corrected chi connectivity index (χ3v) is 3.65. The van der Waals surface area contributed by atoms with Crippen LogP contribution in [0.15, 0.2) is 12.2 Å². The van der Waals surface area contributed by atoms with E-state index in [-0.39, 0.29) is 24.2 Å². The van der Waals surface area contributed by atoms with Gasteiger partial charge in [-0.3, -0.25) is 0 Å². The number of carbonyl (C=O) groups excluding carboxylic acids is 1. The maximum atomic E-state index is 11.8. The molecule has 0 aromatic rings. The molecule has 0 aromatic carbocycles. The van der Waals surface area contributed by atoms with Gasteiger partial charge in [0, 0.05) is 6.04 Å². The molecule has 0 heterocycles. The first kappa shape index (κ1) is 12.4. The number of amides is 2. The van der Waals surface area contributed by atoms with Gasteiger partial charge in [-0.2, -0.15) is 0 Å². The molecule has 96 valence electrons. The first-order valence-electron chi connectivity index (χ1n) is 6.66. The van der Waals surface area contributed by atoms with Gasteiger partial charge >= 0.3 is 6.03 Å². The maximum absolute atomic E-state index is 11.8. The lowest BCUT2D eigenvalue weighted by Gasteiger charge is -2.29. The number of aliphatic hydroxyl groups excluding tert-OH is 1. The summed E-state index contributed by atoms with van der Waals surface area (Å²) in [6.45, 7) is 0. The van der Waals surface area contributed by atoms with Crippen LogP contribution in [0.25, 0.3) is 0 Å². The van der Waals surface area contributed by atoms with E-state index in [0.717, 1.165) is 44.9 Å². The van der Waals surface area contributed by atoms with E-state index in [4.69, 9.17) is 0 Å². The van der Waals surface area contributed by atoms with Crippen LogP contribution in [0.2, 0.25) is 0 Å². The Hall–Kier alpha value is -1.03. The molecule has 3 atom stereocenters. The number of carbonyl (C=O) groups is 1. The Morgan fingerprint density at radius 3 is 2.65 bits per heavy atom. The number of rotatable bonds is 2. The number of nitrogens with one attached hydrogen (secondary N) is 2. The number of urea groups is 1. The maximum Gasteiger partial charge on any atom is 0.315 e.